The number of halogens is 2. The van der Waals surface area contributed by atoms with Crippen molar-refractivity contribution >= 4 is 46.4 Å². The monoisotopic (exact) mass is 364 g/mol. The second-order valence-electron chi connectivity index (χ2n) is 5.98. The summed E-state index contributed by atoms with van der Waals surface area (Å²) in [6.45, 7) is 4.96. The Balaban J connectivity index is 2.13. The van der Waals surface area contributed by atoms with Crippen LogP contribution in [-0.4, -0.2) is 11.8 Å². The van der Waals surface area contributed by atoms with Gasteiger partial charge in [0, 0.05) is 10.7 Å². The van der Waals surface area contributed by atoms with Crippen LogP contribution >= 0.6 is 23.2 Å². The van der Waals surface area contributed by atoms with Crippen molar-refractivity contribution < 1.29 is 9.59 Å². The maximum Gasteiger partial charge on any atom is 0.239 e. The first kappa shape index (κ1) is 18.3. The van der Waals surface area contributed by atoms with Gasteiger partial charge in [-0.15, -0.1) is 0 Å². The highest BCUT2D eigenvalue weighted by Gasteiger charge is 2.36. The molecule has 4 nitrogen and oxygen atoms in total. The minimum Gasteiger partial charge on any atom is -0.325 e. The largest absolute Gasteiger partial charge is 0.325 e. The maximum absolute atomic E-state index is 12.5. The van der Waals surface area contributed by atoms with Gasteiger partial charge in [0.15, 0.2) is 0 Å². The number of amides is 2. The molecule has 6 heteroatoms. The van der Waals surface area contributed by atoms with Crippen molar-refractivity contribution in [3.8, 4) is 0 Å². The molecule has 0 bridgehead atoms. The highest BCUT2D eigenvalue weighted by molar-refractivity contribution is 6.34. The molecule has 0 atom stereocenters. The molecule has 0 saturated heterocycles. The molecule has 0 heterocycles. The van der Waals surface area contributed by atoms with Crippen LogP contribution in [0.2, 0.25) is 10.0 Å². The average molecular weight is 365 g/mol. The van der Waals surface area contributed by atoms with Gasteiger partial charge in [-0.3, -0.25) is 9.59 Å². The molecule has 2 aromatic rings. The molecule has 2 rings (SSSR count). The zero-order valence-electron chi connectivity index (χ0n) is 13.6. The molecule has 0 saturated carbocycles. The average Bonchev–Trinajstić information content (AvgIpc) is 2.53. The van der Waals surface area contributed by atoms with Crippen molar-refractivity contribution in [1.82, 2.24) is 0 Å². The summed E-state index contributed by atoms with van der Waals surface area (Å²) in [5.41, 5.74) is 0.610. The summed E-state index contributed by atoms with van der Waals surface area (Å²) in [4.78, 5) is 25.0. The van der Waals surface area contributed by atoms with Gasteiger partial charge in [-0.1, -0.05) is 41.4 Å². The number of para-hydroxylation sites is 1. The molecule has 0 fully saturated rings. The van der Waals surface area contributed by atoms with E-state index in [4.69, 9.17) is 23.2 Å². The first-order valence-electron chi connectivity index (χ1n) is 7.35. The van der Waals surface area contributed by atoms with Gasteiger partial charge in [0.05, 0.1) is 10.7 Å². The van der Waals surface area contributed by atoms with Crippen LogP contribution < -0.4 is 10.6 Å². The lowest BCUT2D eigenvalue weighted by Crippen LogP contribution is -2.41. The quantitative estimate of drug-likeness (QED) is 0.757. The molecule has 0 aliphatic carbocycles. The molecule has 2 N–H and O–H groups in total. The minimum atomic E-state index is -1.30. The van der Waals surface area contributed by atoms with Crippen molar-refractivity contribution in [2.24, 2.45) is 5.41 Å². The molecular formula is C18H18Cl2N2O2. The van der Waals surface area contributed by atoms with Crippen LogP contribution in [0.15, 0.2) is 42.5 Å². The Kier molecular flexibility index (Phi) is 5.52. The molecule has 2 amide bonds. The fourth-order valence-corrected chi connectivity index (χ4v) is 2.27. The standard InChI is InChI=1S/C18H18Cl2N2O2/c1-11-8-9-12(10-14(11)20)21-16(23)18(2,3)17(24)22-15-7-5-4-6-13(15)19/h4-10H,1-3H3,(H,21,23)(H,22,24). The molecule has 0 radical (unpaired) electrons. The van der Waals surface area contributed by atoms with Gasteiger partial charge in [-0.2, -0.15) is 0 Å². The van der Waals surface area contributed by atoms with Crippen LogP contribution in [0.5, 0.6) is 0 Å². The molecule has 0 aliphatic rings. The van der Waals surface area contributed by atoms with E-state index >= 15 is 0 Å². The van der Waals surface area contributed by atoms with Gasteiger partial charge in [-0.25, -0.2) is 0 Å². The fourth-order valence-electron chi connectivity index (χ4n) is 1.90. The van der Waals surface area contributed by atoms with Gasteiger partial charge in [0.2, 0.25) is 11.8 Å². The summed E-state index contributed by atoms with van der Waals surface area (Å²) in [6, 6.07) is 12.0. The van der Waals surface area contributed by atoms with Gasteiger partial charge in [0.1, 0.15) is 5.41 Å². The summed E-state index contributed by atoms with van der Waals surface area (Å²) in [5, 5.41) is 6.35. The van der Waals surface area contributed by atoms with Crippen molar-refractivity contribution in [2.45, 2.75) is 20.8 Å². The first-order valence-corrected chi connectivity index (χ1v) is 8.11. The van der Waals surface area contributed by atoms with Crippen molar-refractivity contribution in [2.75, 3.05) is 10.6 Å². The summed E-state index contributed by atoms with van der Waals surface area (Å²) in [7, 11) is 0. The molecule has 0 spiro atoms. The number of nitrogens with one attached hydrogen (secondary N) is 2. The zero-order valence-corrected chi connectivity index (χ0v) is 15.1. The highest BCUT2D eigenvalue weighted by Crippen LogP contribution is 2.26. The van der Waals surface area contributed by atoms with Gasteiger partial charge in [0.25, 0.3) is 0 Å². The Morgan fingerprint density at radius 2 is 1.54 bits per heavy atom. The molecule has 0 aromatic heterocycles. The van der Waals surface area contributed by atoms with Crippen molar-refractivity contribution in [3.05, 3.63) is 58.1 Å². The maximum atomic E-state index is 12.5. The van der Waals surface area contributed by atoms with E-state index < -0.39 is 17.2 Å². The van der Waals surface area contributed by atoms with Gasteiger partial charge >= 0.3 is 0 Å². The Labute approximate surface area is 151 Å². The van der Waals surface area contributed by atoms with E-state index in [1.165, 1.54) is 0 Å². The number of hydrogen-bond donors (Lipinski definition) is 2. The highest BCUT2D eigenvalue weighted by atomic mass is 35.5. The third-order valence-electron chi connectivity index (χ3n) is 3.69. The van der Waals surface area contributed by atoms with Gasteiger partial charge in [-0.05, 0) is 50.6 Å². The number of anilines is 2. The van der Waals surface area contributed by atoms with Crippen LogP contribution in [0.3, 0.4) is 0 Å². The normalized spacial score (nSPS) is 11.0. The SMILES string of the molecule is Cc1ccc(NC(=O)C(C)(C)C(=O)Nc2ccccc2Cl)cc1Cl. The zero-order chi connectivity index (χ0) is 17.9. The number of benzene rings is 2. The van der Waals surface area contributed by atoms with Crippen molar-refractivity contribution in [1.29, 1.82) is 0 Å². The Morgan fingerprint density at radius 3 is 2.17 bits per heavy atom. The van der Waals surface area contributed by atoms with E-state index in [-0.39, 0.29) is 0 Å². The third-order valence-corrected chi connectivity index (χ3v) is 4.42. The van der Waals surface area contributed by atoms with Crippen LogP contribution in [0.1, 0.15) is 19.4 Å². The Hall–Kier alpha value is -2.04. The van der Waals surface area contributed by atoms with Crippen LogP contribution in [0.4, 0.5) is 11.4 Å². The smallest absolute Gasteiger partial charge is 0.239 e. The first-order chi connectivity index (χ1) is 11.2. The molecule has 0 aliphatic heterocycles. The molecule has 2 aromatic carbocycles. The van der Waals surface area contributed by atoms with Gasteiger partial charge < -0.3 is 10.6 Å². The third kappa shape index (κ3) is 4.08. The Morgan fingerprint density at radius 1 is 0.917 bits per heavy atom. The molecular weight excluding hydrogens is 347 g/mol. The predicted molar refractivity (Wildman–Crippen MR) is 98.7 cm³/mol. The summed E-state index contributed by atoms with van der Waals surface area (Å²) < 4.78 is 0. The summed E-state index contributed by atoms with van der Waals surface area (Å²) in [6.07, 6.45) is 0. The lowest BCUT2D eigenvalue weighted by atomic mass is 9.90. The number of carbonyl (C=O) groups is 2. The predicted octanol–water partition coefficient (Wildman–Crippen LogP) is 4.91. The second-order valence-corrected chi connectivity index (χ2v) is 6.79. The van der Waals surface area contributed by atoms with E-state index in [1.807, 2.05) is 6.92 Å². The van der Waals surface area contributed by atoms with Crippen LogP contribution in [0.25, 0.3) is 0 Å². The summed E-state index contributed by atoms with van der Waals surface area (Å²) in [5.74, 6) is -0.890. The van der Waals surface area contributed by atoms with Crippen molar-refractivity contribution in [3.63, 3.8) is 0 Å². The fraction of sp³-hybridized carbons (Fsp3) is 0.222. The van der Waals surface area contributed by atoms with E-state index in [9.17, 15) is 9.59 Å². The number of hydrogen-bond acceptors (Lipinski definition) is 2. The van der Waals surface area contributed by atoms with E-state index in [0.717, 1.165) is 5.56 Å². The molecule has 0 unspecified atom stereocenters. The molecule has 126 valence electrons. The topological polar surface area (TPSA) is 58.2 Å². The lowest BCUT2D eigenvalue weighted by molar-refractivity contribution is -0.135. The van der Waals surface area contributed by atoms with Crippen LogP contribution in [-0.2, 0) is 9.59 Å². The van der Waals surface area contributed by atoms with E-state index in [2.05, 4.69) is 10.6 Å². The van der Waals surface area contributed by atoms with E-state index in [1.54, 1.807) is 56.3 Å². The number of rotatable bonds is 4. The lowest BCUT2D eigenvalue weighted by Gasteiger charge is -2.23. The number of aryl methyl sites for hydroxylation is 1. The van der Waals surface area contributed by atoms with E-state index in [0.29, 0.717) is 21.4 Å². The Bertz CT molecular complexity index is 788. The number of carbonyl (C=O) groups excluding carboxylic acids is 2. The minimum absolute atomic E-state index is 0.410. The van der Waals surface area contributed by atoms with Crippen LogP contribution in [0, 0.1) is 12.3 Å². The second kappa shape index (κ2) is 7.24. The summed E-state index contributed by atoms with van der Waals surface area (Å²) >= 11 is 12.1. The molecule has 24 heavy (non-hydrogen) atoms.